The Morgan fingerprint density at radius 1 is 1.14 bits per heavy atom. The summed E-state index contributed by atoms with van der Waals surface area (Å²) in [5, 5.41) is 3.23. The minimum atomic E-state index is -4.88. The Hall–Kier alpha value is -1.72. The lowest BCUT2D eigenvalue weighted by atomic mass is 10.1. The summed E-state index contributed by atoms with van der Waals surface area (Å²) in [5.74, 6) is -1.83. The Balaban J connectivity index is 3.03. The van der Waals surface area contributed by atoms with Gasteiger partial charge in [0.05, 0.1) is 0 Å². The van der Waals surface area contributed by atoms with Crippen molar-refractivity contribution in [3.8, 4) is 0 Å². The fourth-order valence-electron chi connectivity index (χ4n) is 2.00. The SMILES string of the molecule is CC[C@@H](C)Nc1ccc(N(C(=O)C(F)(F)F)[C@@H](C)CC)cc1. The highest BCUT2D eigenvalue weighted by Gasteiger charge is 2.44. The predicted molar refractivity (Wildman–Crippen MR) is 83.1 cm³/mol. The molecular weight excluding hydrogens is 293 g/mol. The number of carbonyl (C=O) groups is 1. The number of halogens is 3. The second-order valence-electron chi connectivity index (χ2n) is 5.43. The van der Waals surface area contributed by atoms with Crippen LogP contribution in [0.2, 0.25) is 0 Å². The molecule has 0 spiro atoms. The van der Waals surface area contributed by atoms with Crippen molar-refractivity contribution >= 4 is 17.3 Å². The second-order valence-corrected chi connectivity index (χ2v) is 5.43. The number of benzene rings is 1. The highest BCUT2D eigenvalue weighted by Crippen LogP contribution is 2.27. The Kier molecular flexibility index (Phi) is 6.26. The summed E-state index contributed by atoms with van der Waals surface area (Å²) >= 11 is 0. The van der Waals surface area contributed by atoms with Crippen LogP contribution in [0, 0.1) is 0 Å². The molecule has 2 atom stereocenters. The number of rotatable bonds is 6. The fraction of sp³-hybridized carbons (Fsp3) is 0.562. The molecule has 0 bridgehead atoms. The van der Waals surface area contributed by atoms with Crippen molar-refractivity contribution in [2.45, 2.75) is 58.8 Å². The van der Waals surface area contributed by atoms with Gasteiger partial charge in [-0.05, 0) is 51.0 Å². The highest BCUT2D eigenvalue weighted by molar-refractivity contribution is 5.97. The molecule has 6 heteroatoms. The molecule has 124 valence electrons. The number of hydrogen-bond acceptors (Lipinski definition) is 2. The predicted octanol–water partition coefficient (Wildman–Crippen LogP) is 4.59. The fourth-order valence-corrected chi connectivity index (χ4v) is 2.00. The lowest BCUT2D eigenvalue weighted by Crippen LogP contribution is -2.46. The monoisotopic (exact) mass is 316 g/mol. The molecule has 1 rings (SSSR count). The van der Waals surface area contributed by atoms with Crippen molar-refractivity contribution in [2.75, 3.05) is 10.2 Å². The first-order valence-corrected chi connectivity index (χ1v) is 7.47. The van der Waals surface area contributed by atoms with E-state index in [0.717, 1.165) is 17.0 Å². The Morgan fingerprint density at radius 3 is 2.09 bits per heavy atom. The van der Waals surface area contributed by atoms with Gasteiger partial charge in [0.15, 0.2) is 0 Å². The molecule has 1 amide bonds. The van der Waals surface area contributed by atoms with Crippen molar-refractivity contribution in [3.63, 3.8) is 0 Å². The van der Waals surface area contributed by atoms with Crippen LogP contribution in [0.4, 0.5) is 24.5 Å². The molecule has 0 fully saturated rings. The second kappa shape index (κ2) is 7.51. The molecule has 3 nitrogen and oxygen atoms in total. The summed E-state index contributed by atoms with van der Waals surface area (Å²) in [6.45, 7) is 7.42. The minimum Gasteiger partial charge on any atom is -0.383 e. The van der Waals surface area contributed by atoms with Crippen molar-refractivity contribution in [1.29, 1.82) is 0 Å². The van der Waals surface area contributed by atoms with Crippen molar-refractivity contribution < 1.29 is 18.0 Å². The first kappa shape index (κ1) is 18.3. The van der Waals surface area contributed by atoms with Gasteiger partial charge in [0.1, 0.15) is 0 Å². The molecule has 0 saturated carbocycles. The van der Waals surface area contributed by atoms with Crippen LogP contribution in [0.3, 0.4) is 0 Å². The molecule has 0 aliphatic rings. The van der Waals surface area contributed by atoms with E-state index in [1.54, 1.807) is 38.1 Å². The number of nitrogens with one attached hydrogen (secondary N) is 1. The number of carbonyl (C=O) groups excluding carboxylic acids is 1. The summed E-state index contributed by atoms with van der Waals surface area (Å²) in [4.78, 5) is 12.5. The van der Waals surface area contributed by atoms with Gasteiger partial charge in [0, 0.05) is 23.5 Å². The lowest BCUT2D eigenvalue weighted by molar-refractivity contribution is -0.170. The van der Waals surface area contributed by atoms with Gasteiger partial charge in [-0.2, -0.15) is 13.2 Å². The van der Waals surface area contributed by atoms with E-state index in [1.165, 1.54) is 0 Å². The molecule has 1 aromatic rings. The van der Waals surface area contributed by atoms with Gasteiger partial charge < -0.3 is 10.2 Å². The van der Waals surface area contributed by atoms with E-state index >= 15 is 0 Å². The normalized spacial score (nSPS) is 14.3. The summed E-state index contributed by atoms with van der Waals surface area (Å²) < 4.78 is 38.3. The number of nitrogens with zero attached hydrogens (tertiary/aromatic N) is 1. The third-order valence-electron chi connectivity index (χ3n) is 3.66. The van der Waals surface area contributed by atoms with Gasteiger partial charge in [0.25, 0.3) is 0 Å². The Morgan fingerprint density at radius 2 is 1.68 bits per heavy atom. The van der Waals surface area contributed by atoms with Crippen LogP contribution in [-0.4, -0.2) is 24.2 Å². The first-order valence-electron chi connectivity index (χ1n) is 7.47. The maximum absolute atomic E-state index is 12.8. The topological polar surface area (TPSA) is 32.3 Å². The summed E-state index contributed by atoms with van der Waals surface area (Å²) in [6.07, 6.45) is -3.50. The molecule has 0 unspecified atom stereocenters. The summed E-state index contributed by atoms with van der Waals surface area (Å²) in [5.41, 5.74) is 1.08. The van der Waals surface area contributed by atoms with Crippen molar-refractivity contribution in [2.24, 2.45) is 0 Å². The number of amides is 1. The van der Waals surface area contributed by atoms with Crippen LogP contribution >= 0.6 is 0 Å². The van der Waals surface area contributed by atoms with Crippen LogP contribution in [0.25, 0.3) is 0 Å². The van der Waals surface area contributed by atoms with Gasteiger partial charge in [-0.1, -0.05) is 13.8 Å². The Bertz CT molecular complexity index is 485. The third-order valence-corrected chi connectivity index (χ3v) is 3.66. The molecule has 1 N–H and O–H groups in total. The number of anilines is 2. The average Bonchev–Trinajstić information content (AvgIpc) is 2.47. The molecule has 0 aliphatic carbocycles. The highest BCUT2D eigenvalue weighted by atomic mass is 19.4. The van der Waals surface area contributed by atoms with Gasteiger partial charge >= 0.3 is 12.1 Å². The van der Waals surface area contributed by atoms with E-state index in [2.05, 4.69) is 5.32 Å². The van der Waals surface area contributed by atoms with Crippen LogP contribution in [0.1, 0.15) is 40.5 Å². The molecule has 0 aliphatic heterocycles. The van der Waals surface area contributed by atoms with E-state index in [1.807, 2.05) is 13.8 Å². The van der Waals surface area contributed by atoms with Gasteiger partial charge in [-0.25, -0.2) is 0 Å². The maximum atomic E-state index is 12.8. The van der Waals surface area contributed by atoms with E-state index in [-0.39, 0.29) is 11.7 Å². The third kappa shape index (κ3) is 4.64. The average molecular weight is 316 g/mol. The van der Waals surface area contributed by atoms with Crippen molar-refractivity contribution in [1.82, 2.24) is 0 Å². The smallest absolute Gasteiger partial charge is 0.383 e. The van der Waals surface area contributed by atoms with Gasteiger partial charge in [-0.3, -0.25) is 4.79 Å². The Labute approximate surface area is 129 Å². The van der Waals surface area contributed by atoms with Crippen molar-refractivity contribution in [3.05, 3.63) is 24.3 Å². The molecule has 0 aromatic heterocycles. The van der Waals surface area contributed by atoms with Gasteiger partial charge in [0.2, 0.25) is 0 Å². The molecule has 0 saturated heterocycles. The van der Waals surface area contributed by atoms with E-state index in [0.29, 0.717) is 6.42 Å². The molecular formula is C16H23F3N2O. The number of hydrogen-bond donors (Lipinski definition) is 1. The van der Waals surface area contributed by atoms with Crippen LogP contribution in [0.15, 0.2) is 24.3 Å². The number of alkyl halides is 3. The largest absolute Gasteiger partial charge is 0.471 e. The molecule has 1 aromatic carbocycles. The van der Waals surface area contributed by atoms with E-state index in [9.17, 15) is 18.0 Å². The zero-order valence-corrected chi connectivity index (χ0v) is 13.4. The van der Waals surface area contributed by atoms with Crippen LogP contribution in [0.5, 0.6) is 0 Å². The van der Waals surface area contributed by atoms with E-state index < -0.39 is 18.1 Å². The zero-order valence-electron chi connectivity index (χ0n) is 13.4. The standard InChI is InChI=1S/C16H23F3N2O/c1-5-11(3)20-13-7-9-14(10-8-13)21(12(4)6-2)15(22)16(17,18)19/h7-12,20H,5-6H2,1-4H3/t11-,12+/m1/s1. The summed E-state index contributed by atoms with van der Waals surface area (Å²) in [7, 11) is 0. The molecule has 22 heavy (non-hydrogen) atoms. The first-order chi connectivity index (χ1) is 10.2. The maximum Gasteiger partial charge on any atom is 0.471 e. The quantitative estimate of drug-likeness (QED) is 0.832. The van der Waals surface area contributed by atoms with Gasteiger partial charge in [-0.15, -0.1) is 0 Å². The van der Waals surface area contributed by atoms with E-state index in [4.69, 9.17) is 0 Å². The molecule has 0 radical (unpaired) electrons. The summed E-state index contributed by atoms with van der Waals surface area (Å²) in [6, 6.07) is 6.22. The zero-order chi connectivity index (χ0) is 16.9. The minimum absolute atomic E-state index is 0.256. The molecule has 0 heterocycles. The lowest BCUT2D eigenvalue weighted by Gasteiger charge is -2.29. The van der Waals surface area contributed by atoms with Crippen LogP contribution in [-0.2, 0) is 4.79 Å². The van der Waals surface area contributed by atoms with Crippen LogP contribution < -0.4 is 10.2 Å².